The number of para-hydroxylation sites is 2. The molecule has 5 heteroatoms. The molecular formula is C39H24N4O. The lowest BCUT2D eigenvalue weighted by atomic mass is 10.1. The van der Waals surface area contributed by atoms with E-state index in [1.54, 1.807) is 0 Å². The molecule has 44 heavy (non-hydrogen) atoms. The molecule has 3 aromatic heterocycles. The highest BCUT2D eigenvalue weighted by Crippen LogP contribution is 2.38. The Labute approximate surface area is 259 Å². The molecule has 0 saturated carbocycles. The van der Waals surface area contributed by atoms with E-state index < -0.39 is 18.1 Å². The van der Waals surface area contributed by atoms with E-state index in [0.717, 1.165) is 49.4 Å². The van der Waals surface area contributed by atoms with Crippen LogP contribution in [0.15, 0.2) is 150 Å². The van der Waals surface area contributed by atoms with E-state index in [1.807, 2.05) is 84.9 Å². The molecule has 0 atom stereocenters. The predicted molar refractivity (Wildman–Crippen MR) is 178 cm³/mol. The molecule has 0 saturated heterocycles. The zero-order valence-corrected chi connectivity index (χ0v) is 23.2. The van der Waals surface area contributed by atoms with Crippen molar-refractivity contribution >= 4 is 43.7 Å². The second kappa shape index (κ2) is 9.75. The van der Waals surface area contributed by atoms with Crippen LogP contribution in [-0.2, 0) is 0 Å². The van der Waals surface area contributed by atoms with Crippen LogP contribution in [0.1, 0.15) is 6.85 Å². The Morgan fingerprint density at radius 2 is 1.11 bits per heavy atom. The fourth-order valence-corrected chi connectivity index (χ4v) is 5.92. The highest BCUT2D eigenvalue weighted by atomic mass is 16.3. The van der Waals surface area contributed by atoms with E-state index in [0.29, 0.717) is 22.8 Å². The summed E-state index contributed by atoms with van der Waals surface area (Å²) < 4.78 is 50.1. The van der Waals surface area contributed by atoms with Crippen LogP contribution in [0.5, 0.6) is 0 Å². The molecule has 0 amide bonds. The third-order valence-corrected chi connectivity index (χ3v) is 7.95. The van der Waals surface area contributed by atoms with Gasteiger partial charge >= 0.3 is 0 Å². The van der Waals surface area contributed by atoms with E-state index in [4.69, 9.17) is 16.3 Å². The van der Waals surface area contributed by atoms with Gasteiger partial charge in [0.15, 0.2) is 17.5 Å². The summed E-state index contributed by atoms with van der Waals surface area (Å²) in [4.78, 5) is 14.0. The highest BCUT2D eigenvalue weighted by molar-refractivity contribution is 6.17. The molecule has 0 bridgehead atoms. The van der Waals surface area contributed by atoms with Gasteiger partial charge in [-0.1, -0.05) is 96.9 Å². The average molecular weight is 570 g/mol. The van der Waals surface area contributed by atoms with Gasteiger partial charge in [-0.05, 0) is 42.5 Å². The molecule has 0 aliphatic heterocycles. The second-order valence-electron chi connectivity index (χ2n) is 10.5. The minimum absolute atomic E-state index is 0.00202. The van der Waals surface area contributed by atoms with Gasteiger partial charge in [-0.25, -0.2) is 15.0 Å². The first-order chi connectivity index (χ1) is 23.9. The van der Waals surface area contributed by atoms with Crippen LogP contribution in [0.2, 0.25) is 0 Å². The molecule has 9 aromatic rings. The van der Waals surface area contributed by atoms with Crippen LogP contribution >= 0.6 is 0 Å². The van der Waals surface area contributed by atoms with Crippen LogP contribution in [0, 0.1) is 0 Å². The van der Waals surface area contributed by atoms with Gasteiger partial charge in [0.1, 0.15) is 11.2 Å². The van der Waals surface area contributed by atoms with Crippen molar-refractivity contribution in [2.45, 2.75) is 0 Å². The van der Waals surface area contributed by atoms with E-state index >= 15 is 0 Å². The summed E-state index contributed by atoms with van der Waals surface area (Å²) in [5, 5.41) is 4.39. The maximum Gasteiger partial charge on any atom is 0.164 e. The van der Waals surface area contributed by atoms with Crippen molar-refractivity contribution in [2.24, 2.45) is 0 Å². The number of hydrogen-bond donors (Lipinski definition) is 0. The minimum atomic E-state index is -0.474. The average Bonchev–Trinajstić information content (AvgIpc) is 3.67. The lowest BCUT2D eigenvalue weighted by Crippen LogP contribution is -2.00. The summed E-state index contributed by atoms with van der Waals surface area (Å²) in [5.74, 6) is 0.643. The van der Waals surface area contributed by atoms with E-state index in [2.05, 4.69) is 44.9 Å². The number of nitrogens with zero attached hydrogens (tertiary/aromatic N) is 4. The Morgan fingerprint density at radius 3 is 1.89 bits per heavy atom. The number of fused-ring (bicyclic) bond motifs is 6. The van der Waals surface area contributed by atoms with Gasteiger partial charge < -0.3 is 8.98 Å². The molecule has 0 spiro atoms. The molecule has 0 unspecified atom stereocenters. The number of rotatable bonds is 4. The molecule has 0 radical (unpaired) electrons. The standard InChI is InChI=1S/C39H24N4O/c1-3-11-25(12-4-1)37-40-38(26-13-5-2-6-14-26)42-39(41-37)27-19-21-28(22-20-27)43-33-17-9-7-15-29(33)31-23-32-30-16-8-10-18-35(30)44-36(32)24-34(31)43/h1-24H/i1D,3D,4D,11D,12D. The van der Waals surface area contributed by atoms with Crippen molar-refractivity contribution in [3.8, 4) is 39.9 Å². The van der Waals surface area contributed by atoms with Crippen molar-refractivity contribution < 1.29 is 11.3 Å². The molecule has 0 N–H and O–H groups in total. The maximum atomic E-state index is 8.56. The van der Waals surface area contributed by atoms with Gasteiger partial charge in [0.2, 0.25) is 0 Å². The lowest BCUT2D eigenvalue weighted by Gasteiger charge is -2.10. The maximum absolute atomic E-state index is 8.56. The Balaban J connectivity index is 1.22. The van der Waals surface area contributed by atoms with Crippen LogP contribution in [0.25, 0.3) is 83.6 Å². The van der Waals surface area contributed by atoms with Crippen molar-refractivity contribution in [3.63, 3.8) is 0 Å². The van der Waals surface area contributed by atoms with Crippen molar-refractivity contribution in [3.05, 3.63) is 145 Å². The van der Waals surface area contributed by atoms with Crippen LogP contribution in [-0.4, -0.2) is 19.5 Å². The summed E-state index contributed by atoms with van der Waals surface area (Å²) in [7, 11) is 0. The Hall–Kier alpha value is -6.07. The zero-order chi connectivity index (χ0) is 33.4. The smallest absolute Gasteiger partial charge is 0.164 e. The molecule has 206 valence electrons. The van der Waals surface area contributed by atoms with Gasteiger partial charge in [-0.15, -0.1) is 0 Å². The van der Waals surface area contributed by atoms with Gasteiger partial charge in [0, 0.05) is 50.0 Å². The number of aromatic nitrogens is 4. The zero-order valence-electron chi connectivity index (χ0n) is 28.2. The topological polar surface area (TPSA) is 56.7 Å². The molecular weight excluding hydrogens is 540 g/mol. The second-order valence-corrected chi connectivity index (χ2v) is 10.5. The molecule has 9 rings (SSSR count). The summed E-state index contributed by atoms with van der Waals surface area (Å²) in [5.41, 5.74) is 5.96. The molecule has 0 aliphatic rings. The summed E-state index contributed by atoms with van der Waals surface area (Å²) in [6.45, 7) is 0. The van der Waals surface area contributed by atoms with Crippen molar-refractivity contribution in [1.82, 2.24) is 19.5 Å². The van der Waals surface area contributed by atoms with Gasteiger partial charge in [-0.3, -0.25) is 0 Å². The van der Waals surface area contributed by atoms with E-state index in [9.17, 15) is 0 Å². The molecule has 3 heterocycles. The molecule has 6 aromatic carbocycles. The van der Waals surface area contributed by atoms with E-state index in [1.165, 1.54) is 0 Å². The molecule has 0 fully saturated rings. The van der Waals surface area contributed by atoms with E-state index in [-0.39, 0.29) is 23.5 Å². The summed E-state index contributed by atoms with van der Waals surface area (Å²) in [6, 6.07) is 35.7. The lowest BCUT2D eigenvalue weighted by molar-refractivity contribution is 0.669. The van der Waals surface area contributed by atoms with Crippen molar-refractivity contribution in [2.75, 3.05) is 0 Å². The first-order valence-electron chi connectivity index (χ1n) is 16.7. The Kier molecular flexibility index (Phi) is 4.42. The summed E-state index contributed by atoms with van der Waals surface area (Å²) in [6.07, 6.45) is 0. The quantitative estimate of drug-likeness (QED) is 0.212. The monoisotopic (exact) mass is 569 g/mol. The largest absolute Gasteiger partial charge is 0.456 e. The third-order valence-electron chi connectivity index (χ3n) is 7.95. The van der Waals surface area contributed by atoms with Crippen LogP contribution in [0.3, 0.4) is 0 Å². The fraction of sp³-hybridized carbons (Fsp3) is 0. The molecule has 0 aliphatic carbocycles. The minimum Gasteiger partial charge on any atom is -0.456 e. The molecule has 5 nitrogen and oxygen atoms in total. The first-order valence-corrected chi connectivity index (χ1v) is 14.2. The van der Waals surface area contributed by atoms with Gasteiger partial charge in [0.25, 0.3) is 0 Å². The van der Waals surface area contributed by atoms with Crippen LogP contribution in [0.4, 0.5) is 0 Å². The number of furan rings is 1. The highest BCUT2D eigenvalue weighted by Gasteiger charge is 2.17. The van der Waals surface area contributed by atoms with Crippen LogP contribution < -0.4 is 0 Å². The number of benzene rings is 6. The Morgan fingerprint density at radius 1 is 0.477 bits per heavy atom. The fourth-order valence-electron chi connectivity index (χ4n) is 5.92. The first kappa shape index (κ1) is 19.9. The normalized spacial score (nSPS) is 13.2. The van der Waals surface area contributed by atoms with Crippen molar-refractivity contribution in [1.29, 1.82) is 0 Å². The number of hydrogen-bond acceptors (Lipinski definition) is 4. The summed E-state index contributed by atoms with van der Waals surface area (Å²) >= 11 is 0. The third kappa shape index (κ3) is 3.91. The Bertz CT molecular complexity index is 2750. The van der Waals surface area contributed by atoms with Gasteiger partial charge in [0.05, 0.1) is 17.9 Å². The SMILES string of the molecule is [2H]c1c([2H])c([2H])c(-c2nc(-c3ccccc3)nc(-c3ccc(-n4c5ccccc5c5cc6c(cc54)oc4ccccc46)cc3)n2)c([2H])c1[2H]. The predicted octanol–water partition coefficient (Wildman–Crippen LogP) is 9.87. The van der Waals surface area contributed by atoms with Gasteiger partial charge in [-0.2, -0.15) is 0 Å².